The first-order chi connectivity index (χ1) is 8.66. The fourth-order valence-corrected chi connectivity index (χ4v) is 2.85. The SMILES string of the molecule is Cc1ccc(C(O)CCC2CCCCC2)cc1F. The monoisotopic (exact) mass is 250 g/mol. The molecule has 100 valence electrons. The lowest BCUT2D eigenvalue weighted by Crippen LogP contribution is -2.08. The fourth-order valence-electron chi connectivity index (χ4n) is 2.85. The number of hydrogen-bond acceptors (Lipinski definition) is 1. The number of rotatable bonds is 4. The Kier molecular flexibility index (Phi) is 4.76. The predicted octanol–water partition coefficient (Wildman–Crippen LogP) is 4.53. The first kappa shape index (κ1) is 13.5. The van der Waals surface area contributed by atoms with Crippen molar-refractivity contribution >= 4 is 0 Å². The van der Waals surface area contributed by atoms with Crippen LogP contribution >= 0.6 is 0 Å². The summed E-state index contributed by atoms with van der Waals surface area (Å²) in [5.74, 6) is 0.549. The van der Waals surface area contributed by atoms with Crippen LogP contribution < -0.4 is 0 Å². The molecule has 0 aromatic heterocycles. The van der Waals surface area contributed by atoms with Crippen LogP contribution in [0.4, 0.5) is 4.39 Å². The van der Waals surface area contributed by atoms with Crippen LogP contribution in [0.5, 0.6) is 0 Å². The zero-order chi connectivity index (χ0) is 13.0. The summed E-state index contributed by atoms with van der Waals surface area (Å²) in [5, 5.41) is 10.1. The minimum Gasteiger partial charge on any atom is -0.388 e. The van der Waals surface area contributed by atoms with E-state index in [-0.39, 0.29) is 5.82 Å². The van der Waals surface area contributed by atoms with E-state index < -0.39 is 6.10 Å². The Hall–Kier alpha value is -0.890. The zero-order valence-electron chi connectivity index (χ0n) is 11.2. The standard InChI is InChI=1S/C16H23FO/c1-12-7-9-14(11-15(12)17)16(18)10-8-13-5-3-2-4-6-13/h7,9,11,13,16,18H,2-6,8,10H2,1H3. The molecule has 0 bridgehead atoms. The summed E-state index contributed by atoms with van der Waals surface area (Å²) in [5.41, 5.74) is 1.35. The second-order valence-electron chi connectivity index (χ2n) is 5.61. The molecule has 0 heterocycles. The average molecular weight is 250 g/mol. The summed E-state index contributed by atoms with van der Waals surface area (Å²) in [6.45, 7) is 1.74. The van der Waals surface area contributed by atoms with Gasteiger partial charge in [0.2, 0.25) is 0 Å². The highest BCUT2D eigenvalue weighted by Gasteiger charge is 2.16. The highest BCUT2D eigenvalue weighted by Crippen LogP contribution is 2.30. The van der Waals surface area contributed by atoms with Crippen LogP contribution in [0.1, 0.15) is 62.2 Å². The van der Waals surface area contributed by atoms with Gasteiger partial charge >= 0.3 is 0 Å². The highest BCUT2D eigenvalue weighted by molar-refractivity contribution is 5.24. The molecule has 0 amide bonds. The van der Waals surface area contributed by atoms with Crippen molar-refractivity contribution in [3.8, 4) is 0 Å². The lowest BCUT2D eigenvalue weighted by molar-refractivity contribution is 0.151. The lowest BCUT2D eigenvalue weighted by atomic mass is 9.85. The third-order valence-electron chi connectivity index (χ3n) is 4.15. The molecule has 1 N–H and O–H groups in total. The molecular formula is C16H23FO. The van der Waals surface area contributed by atoms with Crippen molar-refractivity contribution in [3.63, 3.8) is 0 Å². The van der Waals surface area contributed by atoms with E-state index in [0.717, 1.165) is 18.8 Å². The maximum Gasteiger partial charge on any atom is 0.126 e. The number of aliphatic hydroxyl groups is 1. The van der Waals surface area contributed by atoms with E-state index in [1.807, 2.05) is 6.07 Å². The van der Waals surface area contributed by atoms with Crippen LogP contribution in [0.15, 0.2) is 18.2 Å². The normalized spacial score (nSPS) is 18.8. The van der Waals surface area contributed by atoms with Gasteiger partial charge in [-0.3, -0.25) is 0 Å². The lowest BCUT2D eigenvalue weighted by Gasteiger charge is -2.22. The number of hydrogen-bond donors (Lipinski definition) is 1. The Morgan fingerprint density at radius 3 is 2.67 bits per heavy atom. The Bertz CT molecular complexity index is 383. The molecule has 1 unspecified atom stereocenters. The van der Waals surface area contributed by atoms with Crippen LogP contribution in [-0.4, -0.2) is 5.11 Å². The van der Waals surface area contributed by atoms with Gasteiger partial charge in [-0.25, -0.2) is 4.39 Å². The largest absolute Gasteiger partial charge is 0.388 e. The Morgan fingerprint density at radius 2 is 2.00 bits per heavy atom. The molecule has 0 saturated heterocycles. The molecule has 1 atom stereocenters. The number of halogens is 1. The highest BCUT2D eigenvalue weighted by atomic mass is 19.1. The molecule has 2 rings (SSSR count). The summed E-state index contributed by atoms with van der Waals surface area (Å²) in [7, 11) is 0. The van der Waals surface area contributed by atoms with Crippen molar-refractivity contribution in [2.45, 2.75) is 58.0 Å². The Balaban J connectivity index is 1.86. The third-order valence-corrected chi connectivity index (χ3v) is 4.15. The predicted molar refractivity (Wildman–Crippen MR) is 71.9 cm³/mol. The second-order valence-corrected chi connectivity index (χ2v) is 5.61. The summed E-state index contributed by atoms with van der Waals surface area (Å²) in [4.78, 5) is 0. The molecule has 0 radical (unpaired) electrons. The van der Waals surface area contributed by atoms with Gasteiger partial charge in [-0.05, 0) is 42.9 Å². The van der Waals surface area contributed by atoms with Crippen molar-refractivity contribution in [1.29, 1.82) is 0 Å². The van der Waals surface area contributed by atoms with E-state index in [2.05, 4.69) is 0 Å². The van der Waals surface area contributed by atoms with E-state index in [1.165, 1.54) is 38.2 Å². The molecule has 1 aliphatic carbocycles. The summed E-state index contributed by atoms with van der Waals surface area (Å²) in [6.07, 6.45) is 7.94. The average Bonchev–Trinajstić information content (AvgIpc) is 2.40. The van der Waals surface area contributed by atoms with Crippen molar-refractivity contribution in [1.82, 2.24) is 0 Å². The number of benzene rings is 1. The van der Waals surface area contributed by atoms with Gasteiger partial charge in [0.25, 0.3) is 0 Å². The quantitative estimate of drug-likeness (QED) is 0.832. The maximum atomic E-state index is 13.4. The minimum absolute atomic E-state index is 0.218. The zero-order valence-corrected chi connectivity index (χ0v) is 11.2. The van der Waals surface area contributed by atoms with E-state index >= 15 is 0 Å². The van der Waals surface area contributed by atoms with Crippen LogP contribution in [0.3, 0.4) is 0 Å². The van der Waals surface area contributed by atoms with Gasteiger partial charge < -0.3 is 5.11 Å². The molecule has 1 nitrogen and oxygen atoms in total. The molecule has 2 heteroatoms. The van der Waals surface area contributed by atoms with Crippen molar-refractivity contribution in [2.24, 2.45) is 5.92 Å². The molecule has 0 spiro atoms. The topological polar surface area (TPSA) is 20.2 Å². The van der Waals surface area contributed by atoms with Gasteiger partial charge in [-0.1, -0.05) is 44.2 Å². The Labute approximate surface area is 109 Å². The molecule has 18 heavy (non-hydrogen) atoms. The number of aryl methyl sites for hydroxylation is 1. The summed E-state index contributed by atoms with van der Waals surface area (Å²) >= 11 is 0. The van der Waals surface area contributed by atoms with E-state index in [4.69, 9.17) is 0 Å². The van der Waals surface area contributed by atoms with Crippen molar-refractivity contribution < 1.29 is 9.50 Å². The van der Waals surface area contributed by atoms with Gasteiger partial charge in [-0.15, -0.1) is 0 Å². The third kappa shape index (κ3) is 3.55. The van der Waals surface area contributed by atoms with Gasteiger partial charge in [0.15, 0.2) is 0 Å². The molecule has 1 aromatic carbocycles. The molecule has 1 aromatic rings. The first-order valence-corrected chi connectivity index (χ1v) is 7.11. The van der Waals surface area contributed by atoms with Crippen LogP contribution in [0.25, 0.3) is 0 Å². The minimum atomic E-state index is -0.512. The van der Waals surface area contributed by atoms with Gasteiger partial charge in [0.1, 0.15) is 5.82 Å². The molecule has 0 aliphatic heterocycles. The summed E-state index contributed by atoms with van der Waals surface area (Å²) < 4.78 is 13.4. The van der Waals surface area contributed by atoms with E-state index in [9.17, 15) is 9.50 Å². The summed E-state index contributed by atoms with van der Waals surface area (Å²) in [6, 6.07) is 5.05. The first-order valence-electron chi connectivity index (χ1n) is 7.11. The smallest absolute Gasteiger partial charge is 0.126 e. The molecule has 1 fully saturated rings. The fraction of sp³-hybridized carbons (Fsp3) is 0.625. The van der Waals surface area contributed by atoms with Crippen molar-refractivity contribution in [2.75, 3.05) is 0 Å². The maximum absolute atomic E-state index is 13.4. The van der Waals surface area contributed by atoms with Gasteiger partial charge in [0.05, 0.1) is 6.10 Å². The second kappa shape index (κ2) is 6.33. The van der Waals surface area contributed by atoms with E-state index in [0.29, 0.717) is 11.1 Å². The molecular weight excluding hydrogens is 227 g/mol. The van der Waals surface area contributed by atoms with Crippen LogP contribution in [-0.2, 0) is 0 Å². The molecule has 1 aliphatic rings. The van der Waals surface area contributed by atoms with Gasteiger partial charge in [-0.2, -0.15) is 0 Å². The van der Waals surface area contributed by atoms with E-state index in [1.54, 1.807) is 13.0 Å². The Morgan fingerprint density at radius 1 is 1.28 bits per heavy atom. The van der Waals surface area contributed by atoms with Crippen molar-refractivity contribution in [3.05, 3.63) is 35.1 Å². The number of aliphatic hydroxyl groups excluding tert-OH is 1. The van der Waals surface area contributed by atoms with Crippen LogP contribution in [0.2, 0.25) is 0 Å². The molecule has 1 saturated carbocycles. The van der Waals surface area contributed by atoms with Crippen LogP contribution in [0, 0.1) is 18.7 Å². The van der Waals surface area contributed by atoms with Gasteiger partial charge in [0, 0.05) is 0 Å².